The lowest BCUT2D eigenvalue weighted by Crippen LogP contribution is -2.26. The van der Waals surface area contributed by atoms with Crippen LogP contribution in [0, 0.1) is 23.0 Å². The van der Waals surface area contributed by atoms with E-state index in [2.05, 4.69) is 0 Å². The molecule has 0 saturated heterocycles. The van der Waals surface area contributed by atoms with Gasteiger partial charge in [0.05, 0.1) is 5.92 Å². The molecule has 1 aliphatic rings. The van der Waals surface area contributed by atoms with Crippen molar-refractivity contribution < 1.29 is 23.0 Å². The van der Waals surface area contributed by atoms with Crippen molar-refractivity contribution in [2.45, 2.75) is 12.5 Å². The predicted molar refractivity (Wildman–Crippen MR) is 76.6 cm³/mol. The number of aliphatic hydroxyl groups is 1. The normalized spacial score (nSPS) is 16.3. The number of aliphatic hydroxyl groups excluding tert-OH is 1. The molecule has 0 fully saturated rings. The molecular formula is C16H10F2N2O4. The highest BCUT2D eigenvalue weighted by atomic mass is 19.1. The molecule has 122 valence electrons. The zero-order valence-electron chi connectivity index (χ0n) is 12.0. The number of benzene rings is 1. The van der Waals surface area contributed by atoms with Gasteiger partial charge >= 0.3 is 0 Å². The second-order valence-corrected chi connectivity index (χ2v) is 5.02. The van der Waals surface area contributed by atoms with E-state index in [0.717, 1.165) is 24.3 Å². The molecule has 3 rings (SSSR count). The van der Waals surface area contributed by atoms with Gasteiger partial charge in [-0.15, -0.1) is 0 Å². The van der Waals surface area contributed by atoms with E-state index >= 15 is 0 Å². The fourth-order valence-electron chi connectivity index (χ4n) is 2.51. The highest BCUT2D eigenvalue weighted by Crippen LogP contribution is 2.41. The quantitative estimate of drug-likeness (QED) is 0.865. The molecule has 1 aromatic carbocycles. The van der Waals surface area contributed by atoms with Crippen LogP contribution in [-0.2, 0) is 6.61 Å². The van der Waals surface area contributed by atoms with Gasteiger partial charge in [0.1, 0.15) is 35.6 Å². The van der Waals surface area contributed by atoms with E-state index in [0.29, 0.717) is 0 Å². The first kappa shape index (κ1) is 15.7. The molecule has 1 aliphatic heterocycles. The Kier molecular flexibility index (Phi) is 3.79. The van der Waals surface area contributed by atoms with Crippen LogP contribution in [-0.4, -0.2) is 5.11 Å². The van der Waals surface area contributed by atoms with Gasteiger partial charge in [0, 0.05) is 11.6 Å². The third-order valence-corrected chi connectivity index (χ3v) is 3.55. The first-order valence-electron chi connectivity index (χ1n) is 6.76. The Morgan fingerprint density at radius 1 is 1.33 bits per heavy atom. The Hall–Kier alpha value is -3.18. The lowest BCUT2D eigenvalue weighted by molar-refractivity contribution is 0.231. The van der Waals surface area contributed by atoms with E-state index in [9.17, 15) is 23.9 Å². The standard InChI is InChI=1S/C16H10F2N2O4/c17-7-1-2-11(18)9(3-7)13-10(5-19)16(20)24-14-12(22)4-8(6-21)23-15(13)14/h1-4,13,21H,6,20H2. The van der Waals surface area contributed by atoms with E-state index in [1.165, 1.54) is 0 Å². The van der Waals surface area contributed by atoms with Gasteiger partial charge in [-0.05, 0) is 18.2 Å². The summed E-state index contributed by atoms with van der Waals surface area (Å²) < 4.78 is 38.3. The Morgan fingerprint density at radius 3 is 2.75 bits per heavy atom. The zero-order chi connectivity index (χ0) is 17.4. The second-order valence-electron chi connectivity index (χ2n) is 5.02. The number of allylic oxidation sites excluding steroid dienone is 1. The molecule has 24 heavy (non-hydrogen) atoms. The van der Waals surface area contributed by atoms with Gasteiger partial charge in [0.15, 0.2) is 5.76 Å². The van der Waals surface area contributed by atoms with E-state index in [1.807, 2.05) is 0 Å². The van der Waals surface area contributed by atoms with Crippen LogP contribution in [0.3, 0.4) is 0 Å². The number of halogens is 2. The Bertz CT molecular complexity index is 960. The minimum absolute atomic E-state index is 0.109. The molecule has 8 heteroatoms. The summed E-state index contributed by atoms with van der Waals surface area (Å²) in [4.78, 5) is 12.1. The molecule has 0 radical (unpaired) electrons. The minimum atomic E-state index is -1.27. The van der Waals surface area contributed by atoms with Crippen LogP contribution in [0.25, 0.3) is 0 Å². The molecule has 0 aliphatic carbocycles. The molecule has 1 atom stereocenters. The van der Waals surface area contributed by atoms with Crippen molar-refractivity contribution in [2.24, 2.45) is 5.73 Å². The number of nitrogens with two attached hydrogens (primary N) is 1. The summed E-state index contributed by atoms with van der Waals surface area (Å²) in [6, 6.07) is 5.43. The van der Waals surface area contributed by atoms with Crippen molar-refractivity contribution in [1.82, 2.24) is 0 Å². The van der Waals surface area contributed by atoms with E-state index < -0.39 is 35.5 Å². The fourth-order valence-corrected chi connectivity index (χ4v) is 2.51. The molecule has 2 heterocycles. The van der Waals surface area contributed by atoms with Crippen molar-refractivity contribution in [3.63, 3.8) is 0 Å². The van der Waals surface area contributed by atoms with Crippen molar-refractivity contribution in [3.8, 4) is 11.8 Å². The monoisotopic (exact) mass is 332 g/mol. The maximum atomic E-state index is 14.2. The molecule has 6 nitrogen and oxygen atoms in total. The van der Waals surface area contributed by atoms with E-state index in [1.54, 1.807) is 6.07 Å². The number of nitriles is 1. The van der Waals surface area contributed by atoms with Gasteiger partial charge in [-0.25, -0.2) is 8.78 Å². The maximum absolute atomic E-state index is 14.2. The minimum Gasteiger partial charge on any atom is -0.458 e. The molecule has 2 aromatic rings. The summed E-state index contributed by atoms with van der Waals surface area (Å²) in [5.41, 5.74) is 4.51. The van der Waals surface area contributed by atoms with Crippen LogP contribution < -0.4 is 15.9 Å². The van der Waals surface area contributed by atoms with Gasteiger partial charge in [0.2, 0.25) is 17.1 Å². The molecule has 0 amide bonds. The molecule has 0 bridgehead atoms. The summed E-state index contributed by atoms with van der Waals surface area (Å²) in [5, 5.41) is 18.5. The van der Waals surface area contributed by atoms with Gasteiger partial charge in [-0.1, -0.05) is 0 Å². The molecule has 0 spiro atoms. The molecule has 1 aromatic heterocycles. The van der Waals surface area contributed by atoms with Gasteiger partial charge in [-0.2, -0.15) is 5.26 Å². The third-order valence-electron chi connectivity index (χ3n) is 3.55. The van der Waals surface area contributed by atoms with Crippen molar-refractivity contribution >= 4 is 0 Å². The van der Waals surface area contributed by atoms with Crippen molar-refractivity contribution in [1.29, 1.82) is 5.26 Å². The lowest BCUT2D eigenvalue weighted by Gasteiger charge is -2.25. The molecule has 0 saturated carbocycles. The number of hydrogen-bond donors (Lipinski definition) is 2. The highest BCUT2D eigenvalue weighted by molar-refractivity contribution is 5.52. The van der Waals surface area contributed by atoms with Crippen LogP contribution in [0.15, 0.2) is 44.9 Å². The summed E-state index contributed by atoms with van der Waals surface area (Å²) in [6.07, 6.45) is 0. The summed E-state index contributed by atoms with van der Waals surface area (Å²) in [6.45, 7) is -0.595. The molecular weight excluding hydrogens is 322 g/mol. The summed E-state index contributed by atoms with van der Waals surface area (Å²) in [5.74, 6) is -3.89. The third kappa shape index (κ3) is 2.41. The first-order valence-corrected chi connectivity index (χ1v) is 6.76. The SMILES string of the molecule is N#CC1=C(N)Oc2c(oc(CO)cc2=O)C1c1cc(F)ccc1F. The largest absolute Gasteiger partial charge is 0.458 e. The number of nitrogens with zero attached hydrogens (tertiary/aromatic N) is 1. The Balaban J connectivity index is 2.35. The average Bonchev–Trinajstić information content (AvgIpc) is 2.56. The molecule has 1 unspecified atom stereocenters. The van der Waals surface area contributed by atoms with Crippen molar-refractivity contribution in [3.05, 3.63) is 74.7 Å². The topological polar surface area (TPSA) is 109 Å². The number of ether oxygens (including phenoxy) is 1. The van der Waals surface area contributed by atoms with Crippen LogP contribution in [0.5, 0.6) is 5.75 Å². The fraction of sp³-hybridized carbons (Fsp3) is 0.125. The van der Waals surface area contributed by atoms with Gasteiger partial charge < -0.3 is 20.0 Å². The Labute approximate surface area is 134 Å². The van der Waals surface area contributed by atoms with Gasteiger partial charge in [0.25, 0.3) is 0 Å². The lowest BCUT2D eigenvalue weighted by atomic mass is 9.87. The second kappa shape index (κ2) is 5.79. The van der Waals surface area contributed by atoms with Crippen LogP contribution >= 0.6 is 0 Å². The van der Waals surface area contributed by atoms with Gasteiger partial charge in [-0.3, -0.25) is 4.79 Å². The number of hydrogen-bond acceptors (Lipinski definition) is 6. The van der Waals surface area contributed by atoms with E-state index in [4.69, 9.17) is 14.9 Å². The molecule has 3 N–H and O–H groups in total. The average molecular weight is 332 g/mol. The van der Waals surface area contributed by atoms with Crippen LogP contribution in [0.4, 0.5) is 8.78 Å². The van der Waals surface area contributed by atoms with E-state index in [-0.39, 0.29) is 28.4 Å². The summed E-state index contributed by atoms with van der Waals surface area (Å²) in [7, 11) is 0. The Morgan fingerprint density at radius 2 is 2.08 bits per heavy atom. The maximum Gasteiger partial charge on any atom is 0.228 e. The zero-order valence-corrected chi connectivity index (χ0v) is 12.0. The predicted octanol–water partition coefficient (Wildman–Crippen LogP) is 1.63. The van der Waals surface area contributed by atoms with Crippen LogP contribution in [0.1, 0.15) is 23.0 Å². The number of fused-ring (bicyclic) bond motifs is 1. The van der Waals surface area contributed by atoms with Crippen molar-refractivity contribution in [2.75, 3.05) is 0 Å². The number of rotatable bonds is 2. The highest BCUT2D eigenvalue weighted by Gasteiger charge is 2.36. The first-order chi connectivity index (χ1) is 11.5. The van der Waals surface area contributed by atoms with Crippen LogP contribution in [0.2, 0.25) is 0 Å². The smallest absolute Gasteiger partial charge is 0.228 e. The summed E-state index contributed by atoms with van der Waals surface area (Å²) >= 11 is 0.